The fourth-order valence-corrected chi connectivity index (χ4v) is 2.60. The van der Waals surface area contributed by atoms with Crippen LogP contribution in [0, 0.1) is 0 Å². The lowest BCUT2D eigenvalue weighted by atomic mass is 10.3. The fourth-order valence-electron chi connectivity index (χ4n) is 2.60. The number of hydrogen-bond donors (Lipinski definition) is 1. The van der Waals surface area contributed by atoms with Gasteiger partial charge in [0, 0.05) is 12.7 Å². The Labute approximate surface area is 138 Å². The number of guanidine groups is 1. The second-order valence-corrected chi connectivity index (χ2v) is 5.38. The van der Waals surface area contributed by atoms with Gasteiger partial charge < -0.3 is 10.1 Å². The molecule has 0 spiro atoms. The molecule has 8 nitrogen and oxygen atoms in total. The topological polar surface area (TPSA) is 76.2 Å². The van der Waals surface area contributed by atoms with Crippen LogP contribution in [-0.4, -0.2) is 34.9 Å². The lowest BCUT2D eigenvalue weighted by Crippen LogP contribution is -2.44. The minimum Gasteiger partial charge on any atom is -0.497 e. The Bertz CT molecular complexity index is 891. The Hall–Kier alpha value is -3.26. The highest BCUT2D eigenvalue weighted by molar-refractivity contribution is 6.38. The smallest absolute Gasteiger partial charge is 0.287 e. The summed E-state index contributed by atoms with van der Waals surface area (Å²) in [7, 11) is 3.51. The van der Waals surface area contributed by atoms with E-state index in [-0.39, 0.29) is 4.59 Å². The zero-order chi connectivity index (χ0) is 16.6. The maximum atomic E-state index is 5.17. The van der Waals surface area contributed by atoms with E-state index >= 15 is 0 Å². The predicted octanol–water partition coefficient (Wildman–Crippen LogP) is 2.09. The maximum absolute atomic E-state index is 5.17. The number of ether oxygens (including phenoxy) is 1. The number of anilines is 1. The van der Waals surface area contributed by atoms with Crippen LogP contribution >= 0.6 is 0 Å². The number of nitrogens with zero attached hydrogens (tertiary/aromatic N) is 6. The Morgan fingerprint density at radius 2 is 2.04 bits per heavy atom. The van der Waals surface area contributed by atoms with Gasteiger partial charge in [-0.3, -0.25) is 9.67 Å². The van der Waals surface area contributed by atoms with Crippen LogP contribution in [0.25, 0.3) is 0 Å². The average Bonchev–Trinajstić information content (AvgIpc) is 3.19. The second kappa shape index (κ2) is 5.43. The molecule has 0 aliphatic carbocycles. The van der Waals surface area contributed by atoms with Gasteiger partial charge in [-0.25, -0.2) is 0 Å². The number of rotatable bonds is 3. The molecule has 0 radical (unpaired) electrons. The number of fused-ring (bicyclic) bond motifs is 1. The first-order valence-electron chi connectivity index (χ1n) is 7.39. The molecule has 1 N–H and O–H groups in total. The SMILES string of the molecule is COc1ccc(NC2=N[N+]3(c4cnn(C)c4)C=CN=CC3=N2)cc1. The summed E-state index contributed by atoms with van der Waals surface area (Å²) in [6, 6.07) is 7.59. The molecule has 2 aliphatic heterocycles. The van der Waals surface area contributed by atoms with Gasteiger partial charge in [-0.1, -0.05) is 4.59 Å². The minimum atomic E-state index is 0.121. The van der Waals surface area contributed by atoms with Crippen molar-refractivity contribution in [1.29, 1.82) is 0 Å². The van der Waals surface area contributed by atoms with Crippen LogP contribution in [0.3, 0.4) is 0 Å². The highest BCUT2D eigenvalue weighted by Crippen LogP contribution is 2.30. The van der Waals surface area contributed by atoms with Gasteiger partial charge in [0.2, 0.25) is 5.69 Å². The molecule has 1 aromatic heterocycles. The molecule has 4 rings (SSSR count). The zero-order valence-corrected chi connectivity index (χ0v) is 13.3. The van der Waals surface area contributed by atoms with Crippen LogP contribution in [-0.2, 0) is 7.05 Å². The fraction of sp³-hybridized carbons (Fsp3) is 0.125. The quantitative estimate of drug-likeness (QED) is 0.879. The third-order valence-corrected chi connectivity index (χ3v) is 3.81. The summed E-state index contributed by atoms with van der Waals surface area (Å²) < 4.78 is 7.03. The van der Waals surface area contributed by atoms with Crippen molar-refractivity contribution in [3.8, 4) is 5.75 Å². The van der Waals surface area contributed by atoms with Crippen LogP contribution in [0.5, 0.6) is 5.75 Å². The van der Waals surface area contributed by atoms with Gasteiger partial charge in [-0.05, 0) is 29.4 Å². The Morgan fingerprint density at radius 1 is 1.21 bits per heavy atom. The van der Waals surface area contributed by atoms with E-state index in [0.29, 0.717) is 11.8 Å². The van der Waals surface area contributed by atoms with Crippen molar-refractivity contribution in [2.75, 3.05) is 12.4 Å². The number of nitrogens with one attached hydrogen (secondary N) is 1. The molecular weight excluding hydrogens is 306 g/mol. The van der Waals surface area contributed by atoms with E-state index in [9.17, 15) is 0 Å². The molecule has 3 heterocycles. The van der Waals surface area contributed by atoms with E-state index in [1.165, 1.54) is 0 Å². The van der Waals surface area contributed by atoms with Gasteiger partial charge in [0.15, 0.2) is 6.20 Å². The summed E-state index contributed by atoms with van der Waals surface area (Å²) in [5.41, 5.74) is 1.77. The number of aliphatic imine (C=N–C) groups is 2. The normalized spacial score (nSPS) is 21.2. The van der Waals surface area contributed by atoms with Crippen LogP contribution in [0.1, 0.15) is 0 Å². The molecule has 0 saturated carbocycles. The third kappa shape index (κ3) is 2.29. The molecule has 1 atom stereocenters. The van der Waals surface area contributed by atoms with E-state index in [4.69, 9.17) is 9.84 Å². The van der Waals surface area contributed by atoms with Gasteiger partial charge in [0.05, 0.1) is 19.5 Å². The average molecular weight is 322 g/mol. The number of hydrogen-bond acceptors (Lipinski definition) is 6. The lowest BCUT2D eigenvalue weighted by molar-refractivity contribution is 0.415. The maximum Gasteiger partial charge on any atom is 0.287 e. The largest absolute Gasteiger partial charge is 0.497 e. The molecule has 0 saturated heterocycles. The molecule has 0 bridgehead atoms. The van der Waals surface area contributed by atoms with E-state index in [1.54, 1.807) is 30.4 Å². The van der Waals surface area contributed by atoms with E-state index < -0.39 is 0 Å². The standard InChI is InChI=1S/C16H16N7O/c1-22-11-13(9-18-22)23-8-7-17-10-15(23)20-16(21-23)19-12-3-5-14(24-2)6-4-12/h3-11H,1-2H3,(H,19,21)/q+1. The number of aryl methyl sites for hydroxylation is 1. The Kier molecular flexibility index (Phi) is 3.24. The van der Waals surface area contributed by atoms with Gasteiger partial charge in [-0.2, -0.15) is 10.1 Å². The summed E-state index contributed by atoms with van der Waals surface area (Å²) in [5.74, 6) is 2.02. The second-order valence-electron chi connectivity index (χ2n) is 5.38. The van der Waals surface area contributed by atoms with Crippen molar-refractivity contribution in [3.05, 3.63) is 49.1 Å². The monoisotopic (exact) mass is 322 g/mol. The molecule has 1 unspecified atom stereocenters. The van der Waals surface area contributed by atoms with Crippen LogP contribution in [0.2, 0.25) is 0 Å². The summed E-state index contributed by atoms with van der Waals surface area (Å²) in [6.45, 7) is 0. The van der Waals surface area contributed by atoms with Gasteiger partial charge in [0.25, 0.3) is 11.8 Å². The van der Waals surface area contributed by atoms with Crippen LogP contribution in [0.15, 0.2) is 64.1 Å². The van der Waals surface area contributed by atoms with Crippen LogP contribution < -0.4 is 14.6 Å². The number of amidine groups is 1. The lowest BCUT2D eigenvalue weighted by Gasteiger charge is -2.21. The van der Waals surface area contributed by atoms with Crippen LogP contribution in [0.4, 0.5) is 11.4 Å². The number of benzene rings is 1. The minimum absolute atomic E-state index is 0.121. The van der Waals surface area contributed by atoms with Crippen molar-refractivity contribution in [3.63, 3.8) is 0 Å². The molecule has 2 aliphatic rings. The molecule has 24 heavy (non-hydrogen) atoms. The highest BCUT2D eigenvalue weighted by atomic mass is 16.5. The summed E-state index contributed by atoms with van der Waals surface area (Å²) in [4.78, 5) is 8.73. The van der Waals surface area contributed by atoms with Gasteiger partial charge in [-0.15, -0.1) is 0 Å². The van der Waals surface area contributed by atoms with E-state index in [2.05, 4.69) is 20.4 Å². The van der Waals surface area contributed by atoms with Crippen molar-refractivity contribution in [2.45, 2.75) is 0 Å². The molecule has 1 aromatic carbocycles. The van der Waals surface area contributed by atoms with Crippen molar-refractivity contribution >= 4 is 29.4 Å². The predicted molar refractivity (Wildman–Crippen MR) is 94.1 cm³/mol. The third-order valence-electron chi connectivity index (χ3n) is 3.81. The molecule has 0 amide bonds. The molecular formula is C16H16N7O+. The summed E-state index contributed by atoms with van der Waals surface area (Å²) in [5, 5.41) is 12.2. The van der Waals surface area contributed by atoms with Crippen molar-refractivity contribution in [2.24, 2.45) is 22.1 Å². The summed E-state index contributed by atoms with van der Waals surface area (Å²) in [6.07, 6.45) is 8.99. The number of quaternary nitrogens is 1. The zero-order valence-electron chi connectivity index (χ0n) is 13.3. The molecule has 120 valence electrons. The Morgan fingerprint density at radius 3 is 2.75 bits per heavy atom. The first-order chi connectivity index (χ1) is 11.7. The molecule has 0 fully saturated rings. The molecule has 2 aromatic rings. The highest BCUT2D eigenvalue weighted by Gasteiger charge is 2.43. The number of methoxy groups -OCH3 is 1. The van der Waals surface area contributed by atoms with Gasteiger partial charge in [0.1, 0.15) is 18.2 Å². The van der Waals surface area contributed by atoms with Gasteiger partial charge >= 0.3 is 0 Å². The van der Waals surface area contributed by atoms with E-state index in [0.717, 1.165) is 17.1 Å². The number of aromatic nitrogens is 2. The first kappa shape index (κ1) is 14.3. The van der Waals surface area contributed by atoms with Crippen molar-refractivity contribution < 1.29 is 4.74 Å². The molecule has 8 heteroatoms. The summed E-state index contributed by atoms with van der Waals surface area (Å²) >= 11 is 0. The van der Waals surface area contributed by atoms with Crippen molar-refractivity contribution in [1.82, 2.24) is 14.4 Å². The first-order valence-corrected chi connectivity index (χ1v) is 7.39. The van der Waals surface area contributed by atoms with E-state index in [1.807, 2.05) is 43.7 Å². The Balaban J connectivity index is 1.68.